The molecule has 1 saturated heterocycles. The first-order valence-corrected chi connectivity index (χ1v) is 8.62. The van der Waals surface area contributed by atoms with E-state index in [-0.39, 0.29) is 0 Å². The molecule has 1 saturated carbocycles. The van der Waals surface area contributed by atoms with Crippen molar-refractivity contribution in [2.45, 2.75) is 37.5 Å². The molecule has 5 heteroatoms. The second-order valence-corrected chi connectivity index (χ2v) is 6.57. The normalized spacial score (nSPS) is 22.2. The van der Waals surface area contributed by atoms with E-state index in [1.807, 2.05) is 30.3 Å². The third kappa shape index (κ3) is 3.72. The Hall–Kier alpha value is -1.88. The number of hydrogen-bond acceptors (Lipinski definition) is 5. The third-order valence-electron chi connectivity index (χ3n) is 4.67. The Balaban J connectivity index is 1.28. The van der Waals surface area contributed by atoms with Crippen LogP contribution in [0.3, 0.4) is 0 Å². The summed E-state index contributed by atoms with van der Waals surface area (Å²) in [5.41, 5.74) is 0. The summed E-state index contributed by atoms with van der Waals surface area (Å²) in [6.07, 6.45) is 4.74. The second-order valence-electron chi connectivity index (χ2n) is 6.57. The minimum absolute atomic E-state index is 0.400. The van der Waals surface area contributed by atoms with Crippen molar-refractivity contribution in [2.75, 3.05) is 26.2 Å². The standard InChI is InChI=1S/C18H23N3O2/c1-2-6-16(7-3-1)22-12-11-21-10-4-5-15(13-21)17-19-18(23-20-17)14-8-9-14/h1-3,6-7,14-15H,4-5,8-13H2/t15-/m1/s1. The van der Waals surface area contributed by atoms with Crippen molar-refractivity contribution in [3.05, 3.63) is 42.0 Å². The molecule has 0 amide bonds. The summed E-state index contributed by atoms with van der Waals surface area (Å²) in [6, 6.07) is 10.00. The third-order valence-corrected chi connectivity index (χ3v) is 4.67. The number of nitrogens with zero attached hydrogens (tertiary/aromatic N) is 3. The van der Waals surface area contributed by atoms with Crippen LogP contribution in [0.5, 0.6) is 5.75 Å². The molecule has 2 aliphatic rings. The average Bonchev–Trinajstić information content (AvgIpc) is 3.33. The zero-order valence-corrected chi connectivity index (χ0v) is 13.4. The number of para-hydroxylation sites is 1. The molecule has 122 valence electrons. The van der Waals surface area contributed by atoms with E-state index in [2.05, 4.69) is 15.0 Å². The molecule has 0 radical (unpaired) electrons. The number of benzene rings is 1. The first-order chi connectivity index (χ1) is 11.4. The fraction of sp³-hybridized carbons (Fsp3) is 0.556. The summed E-state index contributed by atoms with van der Waals surface area (Å²) >= 11 is 0. The molecule has 0 spiro atoms. The minimum Gasteiger partial charge on any atom is -0.492 e. The SMILES string of the molecule is c1ccc(OCCN2CCC[C@@H](c3noc(C4CC4)n3)C2)cc1. The fourth-order valence-corrected chi connectivity index (χ4v) is 3.19. The number of likely N-dealkylation sites (tertiary alicyclic amines) is 1. The fourth-order valence-electron chi connectivity index (χ4n) is 3.19. The van der Waals surface area contributed by atoms with E-state index in [0.29, 0.717) is 11.8 Å². The number of rotatable bonds is 6. The first kappa shape index (κ1) is 14.7. The van der Waals surface area contributed by atoms with E-state index >= 15 is 0 Å². The largest absolute Gasteiger partial charge is 0.492 e. The minimum atomic E-state index is 0.400. The van der Waals surface area contributed by atoms with E-state index in [4.69, 9.17) is 9.26 Å². The van der Waals surface area contributed by atoms with Gasteiger partial charge >= 0.3 is 0 Å². The van der Waals surface area contributed by atoms with Crippen LogP contribution in [-0.4, -0.2) is 41.3 Å². The first-order valence-electron chi connectivity index (χ1n) is 8.62. The molecule has 1 atom stereocenters. The molecule has 2 heterocycles. The Kier molecular flexibility index (Phi) is 4.28. The average molecular weight is 313 g/mol. The Labute approximate surface area is 136 Å². The Morgan fingerprint density at radius 1 is 1.13 bits per heavy atom. The second kappa shape index (κ2) is 6.71. The number of hydrogen-bond donors (Lipinski definition) is 0. The molecule has 0 N–H and O–H groups in total. The highest BCUT2D eigenvalue weighted by Gasteiger charge is 2.32. The lowest BCUT2D eigenvalue weighted by atomic mass is 9.97. The summed E-state index contributed by atoms with van der Waals surface area (Å²) in [5.74, 6) is 3.63. The van der Waals surface area contributed by atoms with Gasteiger partial charge in [-0.1, -0.05) is 23.4 Å². The topological polar surface area (TPSA) is 51.4 Å². The Morgan fingerprint density at radius 3 is 2.83 bits per heavy atom. The van der Waals surface area contributed by atoms with E-state index in [0.717, 1.165) is 50.1 Å². The highest BCUT2D eigenvalue weighted by atomic mass is 16.5. The van der Waals surface area contributed by atoms with Gasteiger partial charge < -0.3 is 9.26 Å². The zero-order valence-electron chi connectivity index (χ0n) is 13.4. The summed E-state index contributed by atoms with van der Waals surface area (Å²) in [4.78, 5) is 7.07. The van der Waals surface area contributed by atoms with Crippen LogP contribution in [0, 0.1) is 0 Å². The highest BCUT2D eigenvalue weighted by Crippen LogP contribution is 2.39. The van der Waals surface area contributed by atoms with Crippen LogP contribution < -0.4 is 4.74 Å². The van der Waals surface area contributed by atoms with Crippen LogP contribution in [0.25, 0.3) is 0 Å². The molecule has 2 fully saturated rings. The van der Waals surface area contributed by atoms with Crippen molar-refractivity contribution in [2.24, 2.45) is 0 Å². The van der Waals surface area contributed by atoms with E-state index in [1.54, 1.807) is 0 Å². The van der Waals surface area contributed by atoms with Gasteiger partial charge in [0.25, 0.3) is 0 Å². The van der Waals surface area contributed by atoms with E-state index < -0.39 is 0 Å². The van der Waals surface area contributed by atoms with Crippen molar-refractivity contribution in [3.63, 3.8) is 0 Å². The molecule has 23 heavy (non-hydrogen) atoms. The Morgan fingerprint density at radius 2 is 2.00 bits per heavy atom. The van der Waals surface area contributed by atoms with Gasteiger partial charge in [0, 0.05) is 24.9 Å². The molecule has 1 aromatic carbocycles. The molecule has 0 bridgehead atoms. The van der Waals surface area contributed by atoms with Gasteiger partial charge in [0.05, 0.1) is 0 Å². The van der Waals surface area contributed by atoms with Gasteiger partial charge in [0.1, 0.15) is 12.4 Å². The molecular formula is C18H23N3O2. The van der Waals surface area contributed by atoms with Gasteiger partial charge in [-0.25, -0.2) is 0 Å². The number of aromatic nitrogens is 2. The van der Waals surface area contributed by atoms with Crippen molar-refractivity contribution >= 4 is 0 Å². The maximum absolute atomic E-state index is 5.80. The van der Waals surface area contributed by atoms with Gasteiger partial charge in [-0.3, -0.25) is 4.90 Å². The smallest absolute Gasteiger partial charge is 0.229 e. The summed E-state index contributed by atoms with van der Waals surface area (Å²) in [7, 11) is 0. The molecule has 1 aliphatic carbocycles. The molecule has 2 aromatic rings. The van der Waals surface area contributed by atoms with Crippen molar-refractivity contribution in [1.82, 2.24) is 15.0 Å². The van der Waals surface area contributed by atoms with Crippen molar-refractivity contribution in [3.8, 4) is 5.75 Å². The monoisotopic (exact) mass is 313 g/mol. The molecule has 0 unspecified atom stereocenters. The summed E-state index contributed by atoms with van der Waals surface area (Å²) < 4.78 is 11.2. The molecule has 1 aliphatic heterocycles. The predicted octanol–water partition coefficient (Wildman–Crippen LogP) is 3.21. The van der Waals surface area contributed by atoms with Gasteiger partial charge in [-0.05, 0) is 44.4 Å². The Bertz CT molecular complexity index is 624. The molecule has 5 nitrogen and oxygen atoms in total. The van der Waals surface area contributed by atoms with Crippen LogP contribution >= 0.6 is 0 Å². The van der Waals surface area contributed by atoms with E-state index in [9.17, 15) is 0 Å². The van der Waals surface area contributed by atoms with Gasteiger partial charge in [-0.2, -0.15) is 4.98 Å². The van der Waals surface area contributed by atoms with Crippen LogP contribution in [0.1, 0.15) is 49.2 Å². The van der Waals surface area contributed by atoms with Crippen LogP contribution in [0.15, 0.2) is 34.9 Å². The maximum Gasteiger partial charge on any atom is 0.229 e. The molecule has 1 aromatic heterocycles. The molecular weight excluding hydrogens is 290 g/mol. The van der Waals surface area contributed by atoms with Gasteiger partial charge in [0.15, 0.2) is 5.82 Å². The van der Waals surface area contributed by atoms with Crippen molar-refractivity contribution < 1.29 is 9.26 Å². The van der Waals surface area contributed by atoms with Crippen LogP contribution in [0.2, 0.25) is 0 Å². The number of piperidine rings is 1. The van der Waals surface area contributed by atoms with Crippen LogP contribution in [-0.2, 0) is 0 Å². The lowest BCUT2D eigenvalue weighted by Gasteiger charge is -2.30. The molecule has 4 rings (SSSR count). The van der Waals surface area contributed by atoms with Gasteiger partial charge in [0.2, 0.25) is 5.89 Å². The van der Waals surface area contributed by atoms with Crippen molar-refractivity contribution in [1.29, 1.82) is 0 Å². The van der Waals surface area contributed by atoms with Crippen LogP contribution in [0.4, 0.5) is 0 Å². The number of ether oxygens (including phenoxy) is 1. The maximum atomic E-state index is 5.80. The zero-order chi connectivity index (χ0) is 15.5. The lowest BCUT2D eigenvalue weighted by Crippen LogP contribution is -2.37. The highest BCUT2D eigenvalue weighted by molar-refractivity contribution is 5.20. The predicted molar refractivity (Wildman–Crippen MR) is 86.6 cm³/mol. The van der Waals surface area contributed by atoms with Gasteiger partial charge in [-0.15, -0.1) is 0 Å². The summed E-state index contributed by atoms with van der Waals surface area (Å²) in [5, 5.41) is 4.22. The summed E-state index contributed by atoms with van der Waals surface area (Å²) in [6.45, 7) is 3.79. The van der Waals surface area contributed by atoms with E-state index in [1.165, 1.54) is 19.3 Å². The quantitative estimate of drug-likeness (QED) is 0.819. The lowest BCUT2D eigenvalue weighted by molar-refractivity contribution is 0.167.